The van der Waals surface area contributed by atoms with E-state index >= 15 is 0 Å². The molecule has 2 atom stereocenters. The lowest BCUT2D eigenvalue weighted by atomic mass is 9.92. The summed E-state index contributed by atoms with van der Waals surface area (Å²) in [5, 5.41) is 7.91. The van der Waals surface area contributed by atoms with Gasteiger partial charge < -0.3 is 14.8 Å². The van der Waals surface area contributed by atoms with Crippen LogP contribution in [0.25, 0.3) is 0 Å². The maximum absolute atomic E-state index is 5.66. The molecule has 0 spiro atoms. The lowest BCUT2D eigenvalue weighted by molar-refractivity contribution is 0.340. The van der Waals surface area contributed by atoms with E-state index in [0.29, 0.717) is 5.75 Å². The van der Waals surface area contributed by atoms with E-state index in [1.165, 1.54) is 5.56 Å². The number of halogens is 1. The average molecular weight is 415 g/mol. The highest BCUT2D eigenvalue weighted by Crippen LogP contribution is 2.43. The predicted octanol–water partition coefficient (Wildman–Crippen LogP) is 4.20. The van der Waals surface area contributed by atoms with Crippen LogP contribution in [0.4, 0.5) is 5.95 Å². The second-order valence-electron chi connectivity index (χ2n) is 6.11. The van der Waals surface area contributed by atoms with Crippen LogP contribution in [0, 0.1) is 0 Å². The zero-order valence-corrected chi connectivity index (χ0v) is 16.1. The number of benzene rings is 2. The van der Waals surface area contributed by atoms with Crippen molar-refractivity contribution < 1.29 is 9.47 Å². The number of anilines is 1. The maximum Gasteiger partial charge on any atom is 0.222 e. The summed E-state index contributed by atoms with van der Waals surface area (Å²) in [6.45, 7) is 0. The van der Waals surface area contributed by atoms with Crippen LogP contribution < -0.4 is 14.8 Å². The molecule has 0 saturated carbocycles. The van der Waals surface area contributed by atoms with Gasteiger partial charge in [-0.1, -0.05) is 40.2 Å². The van der Waals surface area contributed by atoms with Crippen molar-refractivity contribution in [3.05, 3.63) is 64.4 Å². The largest absolute Gasteiger partial charge is 0.493 e. The molecule has 1 N–H and O–H groups in total. The lowest BCUT2D eigenvalue weighted by Gasteiger charge is -2.32. The summed E-state index contributed by atoms with van der Waals surface area (Å²) in [5.74, 6) is 2.19. The molecule has 1 aliphatic rings. The normalized spacial score (nSPS) is 18.7. The summed E-state index contributed by atoms with van der Waals surface area (Å²) in [6.07, 6.45) is 2.39. The van der Waals surface area contributed by atoms with Crippen LogP contribution in [0.5, 0.6) is 11.5 Å². The smallest absolute Gasteiger partial charge is 0.222 e. The molecule has 0 saturated heterocycles. The molecule has 7 heteroatoms. The summed E-state index contributed by atoms with van der Waals surface area (Å²) in [6, 6.07) is 14.4. The Morgan fingerprint density at radius 2 is 2.00 bits per heavy atom. The number of aromatic nitrogens is 3. The lowest BCUT2D eigenvalue weighted by Crippen LogP contribution is -2.28. The van der Waals surface area contributed by atoms with E-state index in [4.69, 9.17) is 9.47 Å². The fourth-order valence-electron chi connectivity index (χ4n) is 3.50. The van der Waals surface area contributed by atoms with Gasteiger partial charge in [-0.3, -0.25) is 0 Å². The maximum atomic E-state index is 5.66. The first-order valence-electron chi connectivity index (χ1n) is 8.33. The third kappa shape index (κ3) is 2.92. The molecule has 0 aliphatic carbocycles. The van der Waals surface area contributed by atoms with Gasteiger partial charge >= 0.3 is 0 Å². The van der Waals surface area contributed by atoms with Crippen molar-refractivity contribution in [1.82, 2.24) is 14.8 Å². The molecule has 2 heterocycles. The van der Waals surface area contributed by atoms with Gasteiger partial charge in [-0.05, 0) is 30.2 Å². The fraction of sp³-hybridized carbons (Fsp3) is 0.263. The molecule has 26 heavy (non-hydrogen) atoms. The minimum absolute atomic E-state index is 0.0113. The SMILES string of the molecule is COc1cccc([C@H]2C[C@@H](c3cccc(Br)c3)Nc3ncnn32)c1OC. The van der Waals surface area contributed by atoms with Crippen LogP contribution in [0.1, 0.15) is 29.6 Å². The first-order valence-corrected chi connectivity index (χ1v) is 9.13. The van der Waals surface area contributed by atoms with Crippen molar-refractivity contribution in [3.63, 3.8) is 0 Å². The van der Waals surface area contributed by atoms with E-state index in [1.807, 2.05) is 28.9 Å². The average Bonchev–Trinajstić information content (AvgIpc) is 3.15. The Balaban J connectivity index is 1.79. The number of ether oxygens (including phenoxy) is 2. The summed E-state index contributed by atoms with van der Waals surface area (Å²) in [5.41, 5.74) is 2.22. The Hall–Kier alpha value is -2.54. The molecule has 2 aromatic carbocycles. The Labute approximate surface area is 160 Å². The van der Waals surface area contributed by atoms with Crippen LogP contribution in [0.3, 0.4) is 0 Å². The number of hydrogen-bond acceptors (Lipinski definition) is 5. The van der Waals surface area contributed by atoms with E-state index in [-0.39, 0.29) is 12.1 Å². The Morgan fingerprint density at radius 3 is 2.77 bits per heavy atom. The minimum Gasteiger partial charge on any atom is -0.493 e. The molecular weight excluding hydrogens is 396 g/mol. The van der Waals surface area contributed by atoms with E-state index in [2.05, 4.69) is 49.5 Å². The van der Waals surface area contributed by atoms with Gasteiger partial charge in [0.05, 0.1) is 26.3 Å². The van der Waals surface area contributed by atoms with Crippen molar-refractivity contribution in [3.8, 4) is 11.5 Å². The molecule has 0 radical (unpaired) electrons. The monoisotopic (exact) mass is 414 g/mol. The summed E-state index contributed by atoms with van der Waals surface area (Å²) >= 11 is 3.56. The summed E-state index contributed by atoms with van der Waals surface area (Å²) < 4.78 is 14.1. The van der Waals surface area contributed by atoms with Crippen molar-refractivity contribution in [2.75, 3.05) is 19.5 Å². The minimum atomic E-state index is -0.0113. The van der Waals surface area contributed by atoms with Crippen molar-refractivity contribution >= 4 is 21.9 Å². The van der Waals surface area contributed by atoms with Crippen LogP contribution in [-0.2, 0) is 0 Å². The number of nitrogens with zero attached hydrogens (tertiary/aromatic N) is 3. The van der Waals surface area contributed by atoms with E-state index in [9.17, 15) is 0 Å². The molecule has 4 rings (SSSR count). The van der Waals surface area contributed by atoms with E-state index in [1.54, 1.807) is 20.5 Å². The van der Waals surface area contributed by atoms with Gasteiger partial charge in [-0.15, -0.1) is 0 Å². The highest BCUT2D eigenvalue weighted by Gasteiger charge is 2.32. The number of fused-ring (bicyclic) bond motifs is 1. The van der Waals surface area contributed by atoms with Gasteiger partial charge in [0.25, 0.3) is 0 Å². The number of nitrogens with one attached hydrogen (secondary N) is 1. The van der Waals surface area contributed by atoms with Gasteiger partial charge in [0.1, 0.15) is 6.33 Å². The summed E-state index contributed by atoms with van der Waals surface area (Å²) in [7, 11) is 3.31. The number of para-hydroxylation sites is 1. The van der Waals surface area contributed by atoms with Crippen molar-refractivity contribution in [2.24, 2.45) is 0 Å². The number of rotatable bonds is 4. The Bertz CT molecular complexity index is 927. The second kappa shape index (κ2) is 6.99. The standard InChI is InChI=1S/C19H19BrN4O2/c1-25-17-8-4-7-14(18(17)26-2)16-10-15(12-5-3-6-13(20)9-12)23-19-21-11-22-24(16)19/h3-9,11,15-16H,10H2,1-2H3,(H,21,22,23)/t15-,16+/m0/s1. The van der Waals surface area contributed by atoms with Crippen LogP contribution in [0.2, 0.25) is 0 Å². The van der Waals surface area contributed by atoms with Gasteiger partial charge in [-0.2, -0.15) is 10.1 Å². The Morgan fingerprint density at radius 1 is 1.15 bits per heavy atom. The molecule has 0 unspecified atom stereocenters. The van der Waals surface area contributed by atoms with Crippen LogP contribution in [0.15, 0.2) is 53.3 Å². The van der Waals surface area contributed by atoms with Gasteiger partial charge in [0.15, 0.2) is 11.5 Å². The fourth-order valence-corrected chi connectivity index (χ4v) is 3.91. The molecule has 0 amide bonds. The van der Waals surface area contributed by atoms with Crippen LogP contribution in [-0.4, -0.2) is 29.0 Å². The van der Waals surface area contributed by atoms with Crippen molar-refractivity contribution in [2.45, 2.75) is 18.5 Å². The highest BCUT2D eigenvalue weighted by atomic mass is 79.9. The summed E-state index contributed by atoms with van der Waals surface area (Å²) in [4.78, 5) is 4.39. The molecular formula is C19H19BrN4O2. The molecule has 1 aromatic heterocycles. The molecule has 0 bridgehead atoms. The topological polar surface area (TPSA) is 61.2 Å². The molecule has 1 aliphatic heterocycles. The zero-order chi connectivity index (χ0) is 18.1. The van der Waals surface area contributed by atoms with Gasteiger partial charge in [0.2, 0.25) is 5.95 Å². The van der Waals surface area contributed by atoms with Gasteiger partial charge in [-0.25, -0.2) is 4.68 Å². The molecule has 0 fully saturated rings. The number of hydrogen-bond donors (Lipinski definition) is 1. The third-order valence-electron chi connectivity index (χ3n) is 4.67. The van der Waals surface area contributed by atoms with Crippen LogP contribution >= 0.6 is 15.9 Å². The third-order valence-corrected chi connectivity index (χ3v) is 5.17. The number of methoxy groups -OCH3 is 2. The first-order chi connectivity index (χ1) is 12.7. The molecule has 6 nitrogen and oxygen atoms in total. The second-order valence-corrected chi connectivity index (χ2v) is 7.03. The first kappa shape index (κ1) is 16.9. The van der Waals surface area contributed by atoms with E-state index in [0.717, 1.165) is 28.2 Å². The van der Waals surface area contributed by atoms with Gasteiger partial charge in [0, 0.05) is 10.0 Å². The highest BCUT2D eigenvalue weighted by molar-refractivity contribution is 9.10. The van der Waals surface area contributed by atoms with E-state index < -0.39 is 0 Å². The zero-order valence-electron chi connectivity index (χ0n) is 14.5. The quantitative estimate of drug-likeness (QED) is 0.692. The Kier molecular flexibility index (Phi) is 4.55. The molecule has 134 valence electrons. The predicted molar refractivity (Wildman–Crippen MR) is 103 cm³/mol. The van der Waals surface area contributed by atoms with Crippen molar-refractivity contribution in [1.29, 1.82) is 0 Å². The molecule has 3 aromatic rings.